The van der Waals surface area contributed by atoms with Gasteiger partial charge in [-0.1, -0.05) is 19.9 Å². The van der Waals surface area contributed by atoms with Gasteiger partial charge in [-0.05, 0) is 43.7 Å². The number of nitrogens with one attached hydrogen (secondary N) is 1. The van der Waals surface area contributed by atoms with Crippen molar-refractivity contribution in [2.75, 3.05) is 18.1 Å². The number of hydrogen-bond donors (Lipinski definition) is 1. The fourth-order valence-electron chi connectivity index (χ4n) is 1.62. The summed E-state index contributed by atoms with van der Waals surface area (Å²) in [5, 5.41) is 3.60. The molecule has 96 valence electrons. The van der Waals surface area contributed by atoms with Gasteiger partial charge in [0.1, 0.15) is 0 Å². The van der Waals surface area contributed by atoms with E-state index in [0.717, 1.165) is 18.0 Å². The van der Waals surface area contributed by atoms with Gasteiger partial charge in [-0.3, -0.25) is 4.98 Å². The molecule has 0 spiro atoms. The predicted octanol–water partition coefficient (Wildman–Crippen LogP) is 3.57. The van der Waals surface area contributed by atoms with E-state index in [1.807, 2.05) is 24.9 Å². The van der Waals surface area contributed by atoms with Gasteiger partial charge < -0.3 is 5.32 Å². The Bertz CT molecular complexity index is 298. The van der Waals surface area contributed by atoms with E-state index in [-0.39, 0.29) is 0 Å². The Morgan fingerprint density at radius 2 is 2.12 bits per heavy atom. The number of thioether (sulfide) groups is 1. The van der Waals surface area contributed by atoms with Gasteiger partial charge in [0, 0.05) is 23.7 Å². The number of nitrogens with zero attached hydrogens (tertiary/aromatic N) is 1. The lowest BCUT2D eigenvalue weighted by Crippen LogP contribution is -2.24. The van der Waals surface area contributed by atoms with E-state index in [1.165, 1.54) is 24.2 Å². The Kier molecular flexibility index (Phi) is 7.29. The standard InChI is InChI=1S/C14H24N2S/c1-4-8-15-14(11-17-9-5-2)13-7-6-12(3)16-10-13/h6-7,10,14-15H,4-5,8-9,11H2,1-3H3. The van der Waals surface area contributed by atoms with Gasteiger partial charge in [0.25, 0.3) is 0 Å². The van der Waals surface area contributed by atoms with Crippen molar-refractivity contribution in [3.8, 4) is 0 Å². The van der Waals surface area contributed by atoms with Crippen LogP contribution in [0.4, 0.5) is 0 Å². The van der Waals surface area contributed by atoms with Gasteiger partial charge in [-0.2, -0.15) is 11.8 Å². The third-order valence-electron chi connectivity index (χ3n) is 2.61. The van der Waals surface area contributed by atoms with Crippen LogP contribution >= 0.6 is 11.8 Å². The molecular weight excluding hydrogens is 228 g/mol. The minimum atomic E-state index is 0.444. The first-order chi connectivity index (χ1) is 8.27. The average Bonchev–Trinajstić information content (AvgIpc) is 2.35. The Morgan fingerprint density at radius 1 is 1.29 bits per heavy atom. The zero-order valence-electron chi connectivity index (χ0n) is 11.2. The first kappa shape index (κ1) is 14.5. The van der Waals surface area contributed by atoms with Crippen LogP contribution in [-0.4, -0.2) is 23.0 Å². The highest BCUT2D eigenvalue weighted by molar-refractivity contribution is 7.99. The molecule has 0 amide bonds. The van der Waals surface area contributed by atoms with E-state index in [9.17, 15) is 0 Å². The highest BCUT2D eigenvalue weighted by atomic mass is 32.2. The van der Waals surface area contributed by atoms with Crippen molar-refractivity contribution in [3.63, 3.8) is 0 Å². The van der Waals surface area contributed by atoms with Crippen LogP contribution in [-0.2, 0) is 0 Å². The number of rotatable bonds is 8. The predicted molar refractivity (Wildman–Crippen MR) is 77.6 cm³/mol. The minimum absolute atomic E-state index is 0.444. The van der Waals surface area contributed by atoms with Crippen LogP contribution in [0.1, 0.15) is 44.0 Å². The average molecular weight is 252 g/mol. The molecule has 0 saturated carbocycles. The van der Waals surface area contributed by atoms with Gasteiger partial charge in [-0.15, -0.1) is 0 Å². The minimum Gasteiger partial charge on any atom is -0.309 e. The molecule has 0 bridgehead atoms. The van der Waals surface area contributed by atoms with Crippen LogP contribution < -0.4 is 5.32 Å². The number of aryl methyl sites for hydroxylation is 1. The largest absolute Gasteiger partial charge is 0.309 e. The highest BCUT2D eigenvalue weighted by Crippen LogP contribution is 2.18. The third kappa shape index (κ3) is 5.55. The van der Waals surface area contributed by atoms with Crippen molar-refractivity contribution >= 4 is 11.8 Å². The van der Waals surface area contributed by atoms with Gasteiger partial charge >= 0.3 is 0 Å². The van der Waals surface area contributed by atoms with Crippen LogP contribution in [0.3, 0.4) is 0 Å². The van der Waals surface area contributed by atoms with Crippen LogP contribution in [0, 0.1) is 6.92 Å². The molecule has 0 aliphatic heterocycles. The third-order valence-corrected chi connectivity index (χ3v) is 3.88. The molecule has 0 saturated heterocycles. The summed E-state index contributed by atoms with van der Waals surface area (Å²) in [7, 11) is 0. The molecule has 2 nitrogen and oxygen atoms in total. The smallest absolute Gasteiger partial charge is 0.0427 e. The van der Waals surface area contributed by atoms with E-state index < -0.39 is 0 Å². The summed E-state index contributed by atoms with van der Waals surface area (Å²) >= 11 is 2.02. The molecule has 0 aliphatic carbocycles. The second kappa shape index (κ2) is 8.54. The second-order valence-corrected chi connectivity index (χ2v) is 5.46. The van der Waals surface area contributed by atoms with Gasteiger partial charge in [0.05, 0.1) is 0 Å². The summed E-state index contributed by atoms with van der Waals surface area (Å²) in [6.45, 7) is 7.54. The Balaban J connectivity index is 2.57. The van der Waals surface area contributed by atoms with Crippen molar-refractivity contribution in [3.05, 3.63) is 29.6 Å². The quantitative estimate of drug-likeness (QED) is 0.716. The molecule has 1 unspecified atom stereocenters. The summed E-state index contributed by atoms with van der Waals surface area (Å²) < 4.78 is 0. The summed E-state index contributed by atoms with van der Waals surface area (Å²) in [4.78, 5) is 4.39. The molecule has 1 atom stereocenters. The fourth-order valence-corrected chi connectivity index (χ4v) is 2.62. The van der Waals surface area contributed by atoms with Crippen molar-refractivity contribution in [1.29, 1.82) is 0 Å². The Hall–Kier alpha value is -0.540. The molecule has 0 fully saturated rings. The zero-order valence-corrected chi connectivity index (χ0v) is 12.0. The molecule has 1 rings (SSSR count). The van der Waals surface area contributed by atoms with Crippen LogP contribution in [0.5, 0.6) is 0 Å². The summed E-state index contributed by atoms with van der Waals surface area (Å²) in [6.07, 6.45) is 4.43. The lowest BCUT2D eigenvalue weighted by Gasteiger charge is -2.18. The van der Waals surface area contributed by atoms with E-state index >= 15 is 0 Å². The molecule has 3 heteroatoms. The molecular formula is C14H24N2S. The van der Waals surface area contributed by atoms with Crippen molar-refractivity contribution in [2.45, 2.75) is 39.7 Å². The van der Waals surface area contributed by atoms with Crippen LogP contribution in [0.25, 0.3) is 0 Å². The molecule has 1 N–H and O–H groups in total. The van der Waals surface area contributed by atoms with Gasteiger partial charge in [0.2, 0.25) is 0 Å². The van der Waals surface area contributed by atoms with Gasteiger partial charge in [-0.25, -0.2) is 0 Å². The molecule has 17 heavy (non-hydrogen) atoms. The van der Waals surface area contributed by atoms with Gasteiger partial charge in [0.15, 0.2) is 0 Å². The van der Waals surface area contributed by atoms with Crippen LogP contribution in [0.2, 0.25) is 0 Å². The lowest BCUT2D eigenvalue weighted by atomic mass is 10.1. The molecule has 1 aromatic rings. The SMILES string of the molecule is CCCNC(CSCCC)c1ccc(C)nc1. The maximum absolute atomic E-state index is 4.39. The molecule has 1 aromatic heterocycles. The Labute approximate surface area is 110 Å². The lowest BCUT2D eigenvalue weighted by molar-refractivity contribution is 0.575. The van der Waals surface area contributed by atoms with E-state index in [2.05, 4.69) is 36.3 Å². The summed E-state index contributed by atoms with van der Waals surface area (Å²) in [6, 6.07) is 4.74. The van der Waals surface area contributed by atoms with Crippen molar-refractivity contribution in [2.24, 2.45) is 0 Å². The number of hydrogen-bond acceptors (Lipinski definition) is 3. The second-order valence-electron chi connectivity index (χ2n) is 4.31. The maximum atomic E-state index is 4.39. The molecule has 0 radical (unpaired) electrons. The van der Waals surface area contributed by atoms with E-state index in [1.54, 1.807) is 0 Å². The first-order valence-electron chi connectivity index (χ1n) is 6.51. The van der Waals surface area contributed by atoms with E-state index in [0.29, 0.717) is 6.04 Å². The van der Waals surface area contributed by atoms with Crippen molar-refractivity contribution in [1.82, 2.24) is 10.3 Å². The number of aromatic nitrogens is 1. The Morgan fingerprint density at radius 3 is 2.71 bits per heavy atom. The van der Waals surface area contributed by atoms with E-state index in [4.69, 9.17) is 0 Å². The molecule has 1 heterocycles. The summed E-state index contributed by atoms with van der Waals surface area (Å²) in [5.41, 5.74) is 2.40. The molecule has 0 aromatic carbocycles. The number of pyridine rings is 1. The highest BCUT2D eigenvalue weighted by Gasteiger charge is 2.10. The van der Waals surface area contributed by atoms with Crippen molar-refractivity contribution < 1.29 is 0 Å². The zero-order chi connectivity index (χ0) is 12.5. The topological polar surface area (TPSA) is 24.9 Å². The summed E-state index contributed by atoms with van der Waals surface area (Å²) in [5.74, 6) is 2.38. The fraction of sp³-hybridized carbons (Fsp3) is 0.643. The monoisotopic (exact) mass is 252 g/mol. The molecule has 0 aliphatic rings. The van der Waals surface area contributed by atoms with Crippen LogP contribution in [0.15, 0.2) is 18.3 Å². The first-order valence-corrected chi connectivity index (χ1v) is 7.67. The normalized spacial score (nSPS) is 12.6. The maximum Gasteiger partial charge on any atom is 0.0427 e.